The first kappa shape index (κ1) is 13.9. The molecule has 0 radical (unpaired) electrons. The molecule has 2 rings (SSSR count). The van der Waals surface area contributed by atoms with Gasteiger partial charge < -0.3 is 10.1 Å². The van der Waals surface area contributed by atoms with E-state index in [-0.39, 0.29) is 0 Å². The van der Waals surface area contributed by atoms with Crippen molar-refractivity contribution in [3.63, 3.8) is 0 Å². The smallest absolute Gasteiger partial charge is 0.0468 e. The first-order valence-corrected chi connectivity index (χ1v) is 7.09. The van der Waals surface area contributed by atoms with Gasteiger partial charge in [0.2, 0.25) is 0 Å². The zero-order valence-corrected chi connectivity index (χ0v) is 12.0. The summed E-state index contributed by atoms with van der Waals surface area (Å²) in [7, 11) is 2.03. The van der Waals surface area contributed by atoms with Gasteiger partial charge in [0.15, 0.2) is 0 Å². The molecule has 1 saturated heterocycles. The summed E-state index contributed by atoms with van der Waals surface area (Å²) in [5.74, 6) is 0.760. The van der Waals surface area contributed by atoms with Gasteiger partial charge in [-0.1, -0.05) is 17.7 Å². The van der Waals surface area contributed by atoms with Crippen LogP contribution in [0.1, 0.15) is 36.4 Å². The molecule has 1 unspecified atom stereocenters. The molecular formula is C15H22ClNO. The van der Waals surface area contributed by atoms with Gasteiger partial charge in [-0.3, -0.25) is 0 Å². The van der Waals surface area contributed by atoms with E-state index in [2.05, 4.69) is 24.4 Å². The van der Waals surface area contributed by atoms with Crippen LogP contribution in [0.15, 0.2) is 18.2 Å². The zero-order chi connectivity index (χ0) is 13.0. The van der Waals surface area contributed by atoms with Crippen molar-refractivity contribution in [1.82, 2.24) is 5.32 Å². The quantitative estimate of drug-likeness (QED) is 0.898. The SMILES string of the molecule is CNC(CC1CCOCC1)c1cc(C)cc(Cl)c1. The maximum Gasteiger partial charge on any atom is 0.0468 e. The summed E-state index contributed by atoms with van der Waals surface area (Å²) in [4.78, 5) is 0. The van der Waals surface area contributed by atoms with Crippen LogP contribution in [0.5, 0.6) is 0 Å². The molecule has 0 bridgehead atoms. The molecule has 2 nitrogen and oxygen atoms in total. The van der Waals surface area contributed by atoms with Crippen molar-refractivity contribution in [1.29, 1.82) is 0 Å². The van der Waals surface area contributed by atoms with Crippen LogP contribution < -0.4 is 5.32 Å². The van der Waals surface area contributed by atoms with E-state index in [4.69, 9.17) is 16.3 Å². The van der Waals surface area contributed by atoms with Crippen molar-refractivity contribution in [2.45, 2.75) is 32.2 Å². The number of nitrogens with one attached hydrogen (secondary N) is 1. The number of rotatable bonds is 4. The van der Waals surface area contributed by atoms with Crippen molar-refractivity contribution in [3.8, 4) is 0 Å². The highest BCUT2D eigenvalue weighted by Gasteiger charge is 2.19. The summed E-state index contributed by atoms with van der Waals surface area (Å²) >= 11 is 6.15. The first-order chi connectivity index (χ1) is 8.69. The fourth-order valence-corrected chi connectivity index (χ4v) is 3.00. The Morgan fingerprint density at radius 1 is 1.33 bits per heavy atom. The van der Waals surface area contributed by atoms with E-state index >= 15 is 0 Å². The van der Waals surface area contributed by atoms with Crippen molar-refractivity contribution in [2.24, 2.45) is 5.92 Å². The van der Waals surface area contributed by atoms with E-state index in [1.807, 2.05) is 13.1 Å². The Morgan fingerprint density at radius 2 is 2.06 bits per heavy atom. The van der Waals surface area contributed by atoms with Gasteiger partial charge >= 0.3 is 0 Å². The summed E-state index contributed by atoms with van der Waals surface area (Å²) in [5.41, 5.74) is 2.53. The number of aryl methyl sites for hydroxylation is 1. The Hall–Kier alpha value is -0.570. The first-order valence-electron chi connectivity index (χ1n) is 6.71. The van der Waals surface area contributed by atoms with Gasteiger partial charge in [-0.15, -0.1) is 0 Å². The van der Waals surface area contributed by atoms with Gasteiger partial charge in [0.1, 0.15) is 0 Å². The second kappa shape index (κ2) is 6.55. The van der Waals surface area contributed by atoms with Crippen LogP contribution in [-0.2, 0) is 4.74 Å². The monoisotopic (exact) mass is 267 g/mol. The molecule has 100 valence electrons. The minimum Gasteiger partial charge on any atom is -0.381 e. The molecule has 1 aliphatic heterocycles. The van der Waals surface area contributed by atoms with Gasteiger partial charge in [-0.05, 0) is 62.4 Å². The van der Waals surface area contributed by atoms with Gasteiger partial charge in [0.05, 0.1) is 0 Å². The molecule has 1 fully saturated rings. The predicted octanol–water partition coefficient (Wildman–Crippen LogP) is 3.73. The summed E-state index contributed by atoms with van der Waals surface area (Å²) < 4.78 is 5.42. The van der Waals surface area contributed by atoms with E-state index < -0.39 is 0 Å². The second-order valence-electron chi connectivity index (χ2n) is 5.19. The van der Waals surface area contributed by atoms with Crippen molar-refractivity contribution >= 4 is 11.6 Å². The predicted molar refractivity (Wildman–Crippen MR) is 76.1 cm³/mol. The number of hydrogen-bond acceptors (Lipinski definition) is 2. The van der Waals surface area contributed by atoms with Crippen molar-refractivity contribution < 1.29 is 4.74 Å². The topological polar surface area (TPSA) is 21.3 Å². The summed E-state index contributed by atoms with van der Waals surface area (Å²) in [5, 5.41) is 4.25. The maximum absolute atomic E-state index is 6.15. The molecule has 1 aliphatic rings. The molecule has 1 aromatic carbocycles. The molecule has 0 spiro atoms. The van der Waals surface area contributed by atoms with Crippen LogP contribution in [0.4, 0.5) is 0 Å². The lowest BCUT2D eigenvalue weighted by Crippen LogP contribution is -2.24. The summed E-state index contributed by atoms with van der Waals surface area (Å²) in [6.07, 6.45) is 3.52. The molecule has 1 atom stereocenters. The average Bonchev–Trinajstić information content (AvgIpc) is 2.36. The van der Waals surface area contributed by atoms with Crippen LogP contribution in [0.25, 0.3) is 0 Å². The third kappa shape index (κ3) is 3.71. The number of halogens is 1. The number of ether oxygens (including phenoxy) is 1. The highest BCUT2D eigenvalue weighted by molar-refractivity contribution is 6.30. The van der Waals surface area contributed by atoms with Crippen molar-refractivity contribution in [2.75, 3.05) is 20.3 Å². The molecule has 0 aliphatic carbocycles. The Labute approximate surface area is 115 Å². The van der Waals surface area contributed by atoms with E-state index in [9.17, 15) is 0 Å². The van der Waals surface area contributed by atoms with E-state index in [1.54, 1.807) is 0 Å². The lowest BCUT2D eigenvalue weighted by Gasteiger charge is -2.27. The lowest BCUT2D eigenvalue weighted by atomic mass is 9.89. The van der Waals surface area contributed by atoms with E-state index in [0.29, 0.717) is 6.04 Å². The fraction of sp³-hybridized carbons (Fsp3) is 0.600. The Balaban J connectivity index is 2.06. The third-order valence-electron chi connectivity index (χ3n) is 3.73. The molecule has 1 heterocycles. The average molecular weight is 268 g/mol. The van der Waals surface area contributed by atoms with Crippen LogP contribution in [0.2, 0.25) is 5.02 Å². The largest absolute Gasteiger partial charge is 0.381 e. The Morgan fingerprint density at radius 3 is 2.67 bits per heavy atom. The zero-order valence-electron chi connectivity index (χ0n) is 11.2. The van der Waals surface area contributed by atoms with Crippen LogP contribution >= 0.6 is 11.6 Å². The normalized spacial score (nSPS) is 18.8. The Bertz CT molecular complexity index is 368. The minimum atomic E-state index is 0.394. The summed E-state index contributed by atoms with van der Waals surface area (Å²) in [6.45, 7) is 3.92. The summed E-state index contributed by atoms with van der Waals surface area (Å²) in [6, 6.07) is 6.71. The van der Waals surface area contributed by atoms with Gasteiger partial charge in [-0.25, -0.2) is 0 Å². The number of benzene rings is 1. The Kier molecular flexibility index (Phi) is 5.04. The van der Waals surface area contributed by atoms with Crippen LogP contribution in [0, 0.1) is 12.8 Å². The highest BCUT2D eigenvalue weighted by atomic mass is 35.5. The van der Waals surface area contributed by atoms with Gasteiger partial charge in [0.25, 0.3) is 0 Å². The minimum absolute atomic E-state index is 0.394. The van der Waals surface area contributed by atoms with E-state index in [1.165, 1.54) is 30.4 Å². The van der Waals surface area contributed by atoms with Crippen molar-refractivity contribution in [3.05, 3.63) is 34.3 Å². The van der Waals surface area contributed by atoms with Crippen LogP contribution in [-0.4, -0.2) is 20.3 Å². The standard InChI is InChI=1S/C15H22ClNO/c1-11-7-13(10-14(16)8-11)15(17-2)9-12-3-5-18-6-4-12/h7-8,10,12,15,17H,3-6,9H2,1-2H3. The molecule has 1 aromatic rings. The molecule has 0 aromatic heterocycles. The molecule has 1 N–H and O–H groups in total. The molecular weight excluding hydrogens is 246 g/mol. The number of hydrogen-bond donors (Lipinski definition) is 1. The maximum atomic E-state index is 6.15. The third-order valence-corrected chi connectivity index (χ3v) is 3.94. The molecule has 0 amide bonds. The highest BCUT2D eigenvalue weighted by Crippen LogP contribution is 2.29. The molecule has 0 saturated carbocycles. The van der Waals surface area contributed by atoms with E-state index in [0.717, 1.165) is 24.2 Å². The fourth-order valence-electron chi connectivity index (χ4n) is 2.70. The molecule has 18 heavy (non-hydrogen) atoms. The van der Waals surface area contributed by atoms with Gasteiger partial charge in [0, 0.05) is 24.3 Å². The van der Waals surface area contributed by atoms with Gasteiger partial charge in [-0.2, -0.15) is 0 Å². The lowest BCUT2D eigenvalue weighted by molar-refractivity contribution is 0.0608. The second-order valence-corrected chi connectivity index (χ2v) is 5.63. The molecule has 3 heteroatoms. The van der Waals surface area contributed by atoms with Crippen LogP contribution in [0.3, 0.4) is 0 Å².